The summed E-state index contributed by atoms with van der Waals surface area (Å²) in [5.74, 6) is -0.265. The van der Waals surface area contributed by atoms with Crippen molar-refractivity contribution < 1.29 is 22.7 Å². The van der Waals surface area contributed by atoms with E-state index >= 15 is 0 Å². The number of anilines is 1. The number of para-hydroxylation sites is 1. The second-order valence-electron chi connectivity index (χ2n) is 10.00. The number of hydrogen-bond donors (Lipinski definition) is 1. The lowest BCUT2D eigenvalue weighted by Crippen LogP contribution is -2.53. The molecule has 0 spiro atoms. The molecule has 0 saturated carbocycles. The molecule has 1 atom stereocenters. The maximum Gasteiger partial charge on any atom is 0.264 e. The molecule has 2 amide bonds. The Morgan fingerprint density at radius 1 is 0.837 bits per heavy atom. The van der Waals surface area contributed by atoms with Crippen molar-refractivity contribution in [1.82, 2.24) is 10.2 Å². The summed E-state index contributed by atoms with van der Waals surface area (Å²) in [6.45, 7) is 1.50. The van der Waals surface area contributed by atoms with E-state index in [0.717, 1.165) is 21.0 Å². The number of likely N-dealkylation sites (N-methyl/N-ethyl adjacent to an activating group) is 1. The summed E-state index contributed by atoms with van der Waals surface area (Å²) in [6, 6.07) is 31.0. The monoisotopic (exact) mass is 599 g/mol. The molecule has 224 valence electrons. The van der Waals surface area contributed by atoms with Crippen molar-refractivity contribution >= 4 is 27.5 Å². The van der Waals surface area contributed by atoms with Gasteiger partial charge in [-0.05, 0) is 53.4 Å². The van der Waals surface area contributed by atoms with E-state index in [2.05, 4.69) is 5.32 Å². The third kappa shape index (κ3) is 7.61. The van der Waals surface area contributed by atoms with Gasteiger partial charge in [-0.25, -0.2) is 8.42 Å². The van der Waals surface area contributed by atoms with Crippen LogP contribution in [0.2, 0.25) is 0 Å². The van der Waals surface area contributed by atoms with Gasteiger partial charge in [0.1, 0.15) is 18.3 Å². The smallest absolute Gasteiger partial charge is 0.264 e. The number of nitrogens with zero attached hydrogens (tertiary/aromatic N) is 2. The van der Waals surface area contributed by atoms with Gasteiger partial charge in [-0.2, -0.15) is 0 Å². The lowest BCUT2D eigenvalue weighted by molar-refractivity contribution is -0.139. The first-order chi connectivity index (χ1) is 20.8. The van der Waals surface area contributed by atoms with Crippen LogP contribution in [0, 0.1) is 0 Å². The highest BCUT2D eigenvalue weighted by Gasteiger charge is 2.34. The number of amides is 2. The molecule has 0 unspecified atom stereocenters. The predicted octanol–water partition coefficient (Wildman–Crippen LogP) is 4.84. The van der Waals surface area contributed by atoms with Gasteiger partial charge >= 0.3 is 0 Å². The molecule has 43 heavy (non-hydrogen) atoms. The van der Waals surface area contributed by atoms with Crippen LogP contribution >= 0.6 is 0 Å². The summed E-state index contributed by atoms with van der Waals surface area (Å²) >= 11 is 0. The fourth-order valence-corrected chi connectivity index (χ4v) is 6.45. The lowest BCUT2D eigenvalue weighted by Gasteiger charge is -2.34. The van der Waals surface area contributed by atoms with E-state index in [0.29, 0.717) is 17.9 Å². The van der Waals surface area contributed by atoms with E-state index in [-0.39, 0.29) is 23.8 Å². The van der Waals surface area contributed by atoms with Gasteiger partial charge in [0.2, 0.25) is 11.8 Å². The fraction of sp³-hybridized carbons (Fsp3) is 0.235. The number of benzene rings is 4. The number of ether oxygens (including phenoxy) is 1. The Balaban J connectivity index is 1.81. The van der Waals surface area contributed by atoms with Crippen LogP contribution in [0.3, 0.4) is 0 Å². The van der Waals surface area contributed by atoms with E-state index in [1.165, 1.54) is 24.1 Å². The number of hydrogen-bond acceptors (Lipinski definition) is 5. The molecule has 0 fully saturated rings. The Morgan fingerprint density at radius 3 is 2.12 bits per heavy atom. The molecule has 0 heterocycles. The molecule has 0 saturated heterocycles. The van der Waals surface area contributed by atoms with Crippen LogP contribution in [0.5, 0.6) is 5.75 Å². The second-order valence-corrected chi connectivity index (χ2v) is 11.9. The molecule has 4 aromatic rings. The number of methoxy groups -OCH3 is 1. The highest BCUT2D eigenvalue weighted by Crippen LogP contribution is 2.28. The Hall–Kier alpha value is -4.63. The predicted molar refractivity (Wildman–Crippen MR) is 168 cm³/mol. The van der Waals surface area contributed by atoms with Crippen molar-refractivity contribution in [2.45, 2.75) is 37.2 Å². The standard InChI is InChI=1S/C34H37N3O5S/c1-4-28-17-11-12-21-31(28)37(43(40,41)30-19-9-6-10-20-30)25-33(38)36(24-27-16-13-18-29(22-27)42-3)32(34(39)35-2)23-26-14-7-5-8-15-26/h5-22,32H,4,23-25H2,1-3H3,(H,35,39)/t32-/m1/s1. The van der Waals surface area contributed by atoms with E-state index in [9.17, 15) is 18.0 Å². The molecule has 0 aromatic heterocycles. The molecule has 0 radical (unpaired) electrons. The van der Waals surface area contributed by atoms with Gasteiger partial charge in [-0.3, -0.25) is 13.9 Å². The van der Waals surface area contributed by atoms with Gasteiger partial charge in [-0.1, -0.05) is 85.8 Å². The summed E-state index contributed by atoms with van der Waals surface area (Å²) in [7, 11) is -1.06. The zero-order valence-corrected chi connectivity index (χ0v) is 25.5. The van der Waals surface area contributed by atoms with Crippen LogP contribution in [0.4, 0.5) is 5.69 Å². The van der Waals surface area contributed by atoms with Crippen LogP contribution < -0.4 is 14.4 Å². The number of aryl methyl sites for hydroxylation is 1. The Labute approximate surface area is 254 Å². The molecule has 4 aromatic carbocycles. The Morgan fingerprint density at radius 2 is 1.47 bits per heavy atom. The maximum absolute atomic E-state index is 14.4. The molecule has 4 rings (SSSR count). The zero-order chi connectivity index (χ0) is 30.8. The minimum atomic E-state index is -4.14. The van der Waals surface area contributed by atoms with Crippen LogP contribution in [0.1, 0.15) is 23.6 Å². The molecule has 1 N–H and O–H groups in total. The molecular weight excluding hydrogens is 562 g/mol. The minimum Gasteiger partial charge on any atom is -0.497 e. The van der Waals surface area contributed by atoms with Crippen LogP contribution in [-0.2, 0) is 39.0 Å². The quantitative estimate of drug-likeness (QED) is 0.237. The number of sulfonamides is 1. The SMILES string of the molecule is CCc1ccccc1N(CC(=O)N(Cc1cccc(OC)c1)[C@H](Cc1ccccc1)C(=O)NC)S(=O)(=O)c1ccccc1. The number of rotatable bonds is 13. The number of nitrogens with one attached hydrogen (secondary N) is 1. The molecular formula is C34H37N3O5S. The van der Waals surface area contributed by atoms with Crippen molar-refractivity contribution in [3.8, 4) is 5.75 Å². The lowest BCUT2D eigenvalue weighted by atomic mass is 10.0. The van der Waals surface area contributed by atoms with Crippen molar-refractivity contribution in [2.24, 2.45) is 0 Å². The summed E-state index contributed by atoms with van der Waals surface area (Å²) in [5, 5.41) is 2.70. The second kappa shape index (κ2) is 14.5. The van der Waals surface area contributed by atoms with E-state index in [1.807, 2.05) is 61.5 Å². The highest BCUT2D eigenvalue weighted by atomic mass is 32.2. The number of carbonyl (C=O) groups is 2. The summed E-state index contributed by atoms with van der Waals surface area (Å²) in [5.41, 5.74) is 2.80. The van der Waals surface area contributed by atoms with Gasteiger partial charge in [0.05, 0.1) is 17.7 Å². The van der Waals surface area contributed by atoms with Crippen molar-refractivity contribution in [2.75, 3.05) is 25.0 Å². The normalized spacial score (nSPS) is 11.8. The Kier molecular flexibility index (Phi) is 10.6. The minimum absolute atomic E-state index is 0.0651. The molecule has 9 heteroatoms. The zero-order valence-electron chi connectivity index (χ0n) is 24.6. The first-order valence-electron chi connectivity index (χ1n) is 14.1. The van der Waals surface area contributed by atoms with Crippen LogP contribution in [0.15, 0.2) is 114 Å². The summed E-state index contributed by atoms with van der Waals surface area (Å²) in [6.07, 6.45) is 0.806. The summed E-state index contributed by atoms with van der Waals surface area (Å²) in [4.78, 5) is 29.3. The molecule has 0 bridgehead atoms. The van der Waals surface area contributed by atoms with E-state index < -0.39 is 28.5 Å². The average molecular weight is 600 g/mol. The first-order valence-corrected chi connectivity index (χ1v) is 15.6. The molecule has 8 nitrogen and oxygen atoms in total. The third-order valence-electron chi connectivity index (χ3n) is 7.26. The van der Waals surface area contributed by atoms with Gasteiger partial charge in [0.25, 0.3) is 10.0 Å². The topological polar surface area (TPSA) is 96.0 Å². The molecule has 0 aliphatic heterocycles. The third-order valence-corrected chi connectivity index (χ3v) is 9.03. The largest absolute Gasteiger partial charge is 0.497 e. The van der Waals surface area contributed by atoms with Crippen molar-refractivity contribution in [1.29, 1.82) is 0 Å². The highest BCUT2D eigenvalue weighted by molar-refractivity contribution is 7.92. The van der Waals surface area contributed by atoms with Gasteiger partial charge < -0.3 is 15.0 Å². The Bertz CT molecular complexity index is 1630. The summed E-state index contributed by atoms with van der Waals surface area (Å²) < 4.78 is 34.8. The van der Waals surface area contributed by atoms with Crippen LogP contribution in [-0.4, -0.2) is 51.9 Å². The first kappa shape index (κ1) is 31.3. The molecule has 0 aliphatic rings. The van der Waals surface area contributed by atoms with Gasteiger partial charge in [0, 0.05) is 20.0 Å². The van der Waals surface area contributed by atoms with E-state index in [4.69, 9.17) is 4.74 Å². The van der Waals surface area contributed by atoms with Gasteiger partial charge in [0.15, 0.2) is 0 Å². The van der Waals surface area contributed by atoms with Crippen molar-refractivity contribution in [3.63, 3.8) is 0 Å². The number of carbonyl (C=O) groups excluding carboxylic acids is 2. The maximum atomic E-state index is 14.4. The van der Waals surface area contributed by atoms with Crippen LogP contribution in [0.25, 0.3) is 0 Å². The molecule has 0 aliphatic carbocycles. The fourth-order valence-electron chi connectivity index (χ4n) is 4.97. The van der Waals surface area contributed by atoms with Crippen molar-refractivity contribution in [3.05, 3.63) is 126 Å². The van der Waals surface area contributed by atoms with Gasteiger partial charge in [-0.15, -0.1) is 0 Å². The van der Waals surface area contributed by atoms with E-state index in [1.54, 1.807) is 49.6 Å². The average Bonchev–Trinajstić information content (AvgIpc) is 3.05.